The summed E-state index contributed by atoms with van der Waals surface area (Å²) in [4.78, 5) is 26.3. The van der Waals surface area contributed by atoms with Crippen LogP contribution in [0.5, 0.6) is 0 Å². The minimum atomic E-state index is -1.22. The van der Waals surface area contributed by atoms with Crippen molar-refractivity contribution in [1.82, 2.24) is 4.98 Å². The summed E-state index contributed by atoms with van der Waals surface area (Å²) >= 11 is 0. The van der Waals surface area contributed by atoms with Crippen LogP contribution < -0.4 is 5.56 Å². The molecule has 3 rings (SSSR count). The fourth-order valence-electron chi connectivity index (χ4n) is 3.21. The van der Waals surface area contributed by atoms with E-state index in [9.17, 15) is 14.7 Å². The number of carboxylic acid groups (broad SMARTS) is 1. The third kappa shape index (κ3) is 3.38. The molecule has 1 heterocycles. The molecule has 0 amide bonds. The molecule has 0 saturated carbocycles. The lowest BCUT2D eigenvalue weighted by molar-refractivity contribution is 0.0693. The quantitative estimate of drug-likeness (QED) is 0.761. The molecule has 0 aliphatic carbocycles. The van der Waals surface area contributed by atoms with Crippen LogP contribution in [0, 0.1) is 13.8 Å². The van der Waals surface area contributed by atoms with Gasteiger partial charge in [-0.15, -0.1) is 0 Å². The van der Waals surface area contributed by atoms with Crippen molar-refractivity contribution >= 4 is 5.97 Å². The Balaban J connectivity index is 2.32. The molecule has 0 unspecified atom stereocenters. The molecule has 0 aliphatic heterocycles. The first-order chi connectivity index (χ1) is 12.0. The highest BCUT2D eigenvalue weighted by Gasteiger charge is 2.25. The van der Waals surface area contributed by atoms with Gasteiger partial charge >= 0.3 is 5.97 Å². The lowest BCUT2D eigenvalue weighted by Gasteiger charge is -2.21. The highest BCUT2D eigenvalue weighted by atomic mass is 16.4. The predicted octanol–water partition coefficient (Wildman–Crippen LogP) is 3.87. The molecule has 0 radical (unpaired) electrons. The number of carbonyl (C=O) groups is 1. The molecule has 0 bridgehead atoms. The lowest BCUT2D eigenvalue weighted by atomic mass is 9.82. The Morgan fingerprint density at radius 1 is 0.960 bits per heavy atom. The van der Waals surface area contributed by atoms with Crippen molar-refractivity contribution in [2.45, 2.75) is 19.8 Å². The van der Waals surface area contributed by atoms with Crippen molar-refractivity contribution in [3.63, 3.8) is 0 Å². The zero-order valence-electron chi connectivity index (χ0n) is 14.1. The number of hydrogen-bond donors (Lipinski definition) is 2. The van der Waals surface area contributed by atoms with Crippen LogP contribution in [0.4, 0.5) is 0 Å². The Bertz CT molecular complexity index is 943. The van der Waals surface area contributed by atoms with E-state index in [0.29, 0.717) is 5.56 Å². The van der Waals surface area contributed by atoms with Crippen LogP contribution >= 0.6 is 0 Å². The largest absolute Gasteiger partial charge is 0.477 e. The molecule has 126 valence electrons. The van der Waals surface area contributed by atoms with E-state index in [0.717, 1.165) is 22.3 Å². The van der Waals surface area contributed by atoms with E-state index in [-0.39, 0.29) is 11.5 Å². The van der Waals surface area contributed by atoms with Gasteiger partial charge in [0.05, 0.1) is 0 Å². The molecule has 0 aliphatic rings. The topological polar surface area (TPSA) is 70.2 Å². The maximum Gasteiger partial charge on any atom is 0.341 e. The van der Waals surface area contributed by atoms with Crippen LogP contribution in [0.1, 0.15) is 44.1 Å². The van der Waals surface area contributed by atoms with Crippen LogP contribution in [0.3, 0.4) is 0 Å². The molecular weight excluding hydrogens is 314 g/mol. The summed E-state index contributed by atoms with van der Waals surface area (Å²) in [5, 5.41) is 9.58. The Hall–Kier alpha value is -3.14. The Labute approximate surface area is 145 Å². The predicted molar refractivity (Wildman–Crippen MR) is 97.3 cm³/mol. The molecule has 0 fully saturated rings. The van der Waals surface area contributed by atoms with E-state index in [2.05, 4.69) is 4.98 Å². The summed E-state index contributed by atoms with van der Waals surface area (Å²) in [6.45, 7) is 3.99. The third-order valence-corrected chi connectivity index (χ3v) is 4.27. The van der Waals surface area contributed by atoms with Crippen LogP contribution in [0.25, 0.3) is 0 Å². The normalized spacial score (nSPS) is 10.8. The van der Waals surface area contributed by atoms with Gasteiger partial charge in [0.25, 0.3) is 5.56 Å². The molecule has 1 aromatic heterocycles. The van der Waals surface area contributed by atoms with Crippen molar-refractivity contribution in [3.05, 3.63) is 105 Å². The number of pyridine rings is 1. The van der Waals surface area contributed by atoms with Crippen LogP contribution in [0.15, 0.2) is 65.6 Å². The fraction of sp³-hybridized carbons (Fsp3) is 0.143. The van der Waals surface area contributed by atoms with Gasteiger partial charge in [-0.3, -0.25) is 4.79 Å². The number of H-pyrrole nitrogens is 1. The van der Waals surface area contributed by atoms with Crippen molar-refractivity contribution in [2.24, 2.45) is 0 Å². The van der Waals surface area contributed by atoms with Gasteiger partial charge in [-0.05, 0) is 36.6 Å². The van der Waals surface area contributed by atoms with E-state index in [1.54, 1.807) is 6.07 Å². The molecule has 4 heteroatoms. The molecule has 4 nitrogen and oxygen atoms in total. The van der Waals surface area contributed by atoms with Gasteiger partial charge in [-0.1, -0.05) is 59.7 Å². The van der Waals surface area contributed by atoms with Gasteiger partial charge in [0.2, 0.25) is 0 Å². The summed E-state index contributed by atoms with van der Waals surface area (Å²) in [5.74, 6) is -1.55. The molecule has 0 saturated heterocycles. The second-order valence-electron chi connectivity index (χ2n) is 6.20. The number of aromatic carboxylic acids is 1. The minimum Gasteiger partial charge on any atom is -0.477 e. The molecule has 2 N–H and O–H groups in total. The Kier molecular flexibility index (Phi) is 4.52. The Morgan fingerprint density at radius 2 is 1.52 bits per heavy atom. The average molecular weight is 333 g/mol. The second kappa shape index (κ2) is 6.77. The number of aromatic amines is 1. The first kappa shape index (κ1) is 16.7. The smallest absolute Gasteiger partial charge is 0.341 e. The average Bonchev–Trinajstić information content (AvgIpc) is 2.55. The van der Waals surface area contributed by atoms with Gasteiger partial charge in [0.1, 0.15) is 5.56 Å². The molecular formula is C21H19NO3. The maximum absolute atomic E-state index is 12.1. The third-order valence-electron chi connectivity index (χ3n) is 4.27. The summed E-state index contributed by atoms with van der Waals surface area (Å²) in [7, 11) is 0. The fourth-order valence-corrected chi connectivity index (χ4v) is 3.21. The highest BCUT2D eigenvalue weighted by molar-refractivity contribution is 5.89. The van der Waals surface area contributed by atoms with Crippen molar-refractivity contribution in [2.75, 3.05) is 0 Å². The zero-order valence-corrected chi connectivity index (χ0v) is 14.1. The first-order valence-electron chi connectivity index (χ1n) is 8.05. The van der Waals surface area contributed by atoms with Gasteiger partial charge < -0.3 is 10.1 Å². The van der Waals surface area contributed by atoms with Crippen molar-refractivity contribution < 1.29 is 9.90 Å². The number of aryl methyl sites for hydroxylation is 2. The van der Waals surface area contributed by atoms with Gasteiger partial charge in [-0.2, -0.15) is 0 Å². The monoisotopic (exact) mass is 333 g/mol. The number of carboxylic acids is 1. The standard InChI is InChI=1S/C21H19NO3/c1-13-5-3-7-15(11-13)18(16-8-4-6-14(2)12-16)17-9-10-22-20(23)19(17)21(24)25/h3-12,18H,1-2H3,(H,22,23)(H,24,25). The van der Waals surface area contributed by atoms with E-state index in [1.165, 1.54) is 6.20 Å². The SMILES string of the molecule is Cc1cccc(C(c2cccc(C)c2)c2cc[nH]c(=O)c2C(=O)O)c1. The van der Waals surface area contributed by atoms with Crippen LogP contribution in [-0.4, -0.2) is 16.1 Å². The highest BCUT2D eigenvalue weighted by Crippen LogP contribution is 2.33. The molecule has 0 atom stereocenters. The number of benzene rings is 2. The number of aromatic nitrogens is 1. The number of hydrogen-bond acceptors (Lipinski definition) is 2. The van der Waals surface area contributed by atoms with E-state index >= 15 is 0 Å². The van der Waals surface area contributed by atoms with Gasteiger partial charge in [-0.25, -0.2) is 4.79 Å². The summed E-state index contributed by atoms with van der Waals surface area (Å²) in [6.07, 6.45) is 1.50. The van der Waals surface area contributed by atoms with E-state index < -0.39 is 11.5 Å². The minimum absolute atomic E-state index is 0.212. The molecule has 0 spiro atoms. The molecule has 25 heavy (non-hydrogen) atoms. The van der Waals surface area contributed by atoms with Gasteiger partial charge in [0.15, 0.2) is 0 Å². The molecule has 3 aromatic rings. The number of rotatable bonds is 4. The van der Waals surface area contributed by atoms with Gasteiger partial charge in [0, 0.05) is 12.1 Å². The maximum atomic E-state index is 12.1. The van der Waals surface area contributed by atoms with Crippen LogP contribution in [-0.2, 0) is 0 Å². The van der Waals surface area contributed by atoms with E-state index in [4.69, 9.17) is 0 Å². The van der Waals surface area contributed by atoms with Crippen molar-refractivity contribution in [3.8, 4) is 0 Å². The lowest BCUT2D eigenvalue weighted by Crippen LogP contribution is -2.22. The summed E-state index contributed by atoms with van der Waals surface area (Å²) in [6, 6.07) is 17.5. The summed E-state index contributed by atoms with van der Waals surface area (Å²) < 4.78 is 0. The molecule has 2 aromatic carbocycles. The zero-order chi connectivity index (χ0) is 18.0. The second-order valence-corrected chi connectivity index (χ2v) is 6.20. The van der Waals surface area contributed by atoms with E-state index in [1.807, 2.05) is 62.4 Å². The Morgan fingerprint density at radius 3 is 2.00 bits per heavy atom. The summed E-state index contributed by atoms with van der Waals surface area (Å²) in [5.41, 5.74) is 3.77. The first-order valence-corrected chi connectivity index (χ1v) is 8.05. The number of nitrogens with one attached hydrogen (secondary N) is 1. The van der Waals surface area contributed by atoms with Crippen LogP contribution in [0.2, 0.25) is 0 Å². The van der Waals surface area contributed by atoms with Crippen molar-refractivity contribution in [1.29, 1.82) is 0 Å².